The lowest BCUT2D eigenvalue weighted by Crippen LogP contribution is -2.50. The van der Waals surface area contributed by atoms with E-state index in [2.05, 4.69) is 5.32 Å². The molecule has 0 saturated carbocycles. The maximum Gasteiger partial charge on any atom is 0.327 e. The van der Waals surface area contributed by atoms with Crippen molar-refractivity contribution < 1.29 is 23.9 Å². The van der Waals surface area contributed by atoms with Crippen molar-refractivity contribution in [3.05, 3.63) is 144 Å². The van der Waals surface area contributed by atoms with Gasteiger partial charge in [-0.3, -0.25) is 9.69 Å². The van der Waals surface area contributed by atoms with E-state index >= 15 is 0 Å². The predicted molar refractivity (Wildman–Crippen MR) is 168 cm³/mol. The maximum atomic E-state index is 14.0. The highest BCUT2D eigenvalue weighted by Gasteiger charge is 2.28. The van der Waals surface area contributed by atoms with E-state index in [9.17, 15) is 23.9 Å². The lowest BCUT2D eigenvalue weighted by molar-refractivity contribution is -0.138. The number of amides is 3. The van der Waals surface area contributed by atoms with E-state index in [0.29, 0.717) is 16.9 Å². The van der Waals surface area contributed by atoms with Crippen LogP contribution in [-0.4, -0.2) is 39.7 Å². The Morgan fingerprint density at radius 1 is 0.791 bits per heavy atom. The third-order valence-electron chi connectivity index (χ3n) is 6.98. The van der Waals surface area contributed by atoms with Gasteiger partial charge in [0.05, 0.1) is 6.54 Å². The normalized spacial score (nSPS) is 11.6. The summed E-state index contributed by atoms with van der Waals surface area (Å²) in [4.78, 5) is 40.9. The smallest absolute Gasteiger partial charge is 0.327 e. The fourth-order valence-corrected chi connectivity index (χ4v) is 5.74. The number of fused-ring (bicyclic) bond motifs is 1. The third-order valence-corrected chi connectivity index (χ3v) is 8.08. The Hall–Kier alpha value is -4.95. The number of aliphatic carboxylic acids is 1. The van der Waals surface area contributed by atoms with Crippen LogP contribution in [0.4, 0.5) is 9.18 Å². The molecular weight excluding hydrogens is 563 g/mol. The van der Waals surface area contributed by atoms with E-state index in [1.165, 1.54) is 23.9 Å². The molecule has 5 rings (SSSR count). The SMILES string of the molecule is O=C(O)C(CSCc1ccccc1)NC(=O)N(Cc1cccc2ccccc12)C(=O)c1cccc(-c2ccc(F)cc2)c1. The molecule has 216 valence electrons. The van der Waals surface area contributed by atoms with Crippen LogP contribution in [-0.2, 0) is 17.1 Å². The van der Waals surface area contributed by atoms with Crippen molar-refractivity contribution in [1.29, 1.82) is 0 Å². The molecular formula is C35H29FN2O4S. The summed E-state index contributed by atoms with van der Waals surface area (Å²) in [6, 6.07) is 33.6. The second kappa shape index (κ2) is 13.8. The molecule has 5 aromatic carbocycles. The molecule has 5 aromatic rings. The number of carbonyl (C=O) groups is 3. The minimum absolute atomic E-state index is 0.0731. The van der Waals surface area contributed by atoms with Crippen LogP contribution in [0.15, 0.2) is 121 Å². The number of carbonyl (C=O) groups excluding carboxylic acids is 2. The zero-order valence-electron chi connectivity index (χ0n) is 23.2. The zero-order valence-corrected chi connectivity index (χ0v) is 24.0. The number of hydrogen-bond acceptors (Lipinski definition) is 4. The molecule has 0 aliphatic heterocycles. The molecule has 0 aliphatic rings. The number of nitrogens with zero attached hydrogens (tertiary/aromatic N) is 1. The summed E-state index contributed by atoms with van der Waals surface area (Å²) < 4.78 is 13.5. The van der Waals surface area contributed by atoms with Crippen molar-refractivity contribution in [3.8, 4) is 11.1 Å². The molecule has 2 N–H and O–H groups in total. The average molecular weight is 593 g/mol. The predicted octanol–water partition coefficient (Wildman–Crippen LogP) is 7.38. The highest BCUT2D eigenvalue weighted by Crippen LogP contribution is 2.24. The molecule has 0 aromatic heterocycles. The van der Waals surface area contributed by atoms with Gasteiger partial charge in [-0.15, -0.1) is 0 Å². The van der Waals surface area contributed by atoms with Gasteiger partial charge in [0.15, 0.2) is 0 Å². The number of hydrogen-bond donors (Lipinski definition) is 2. The van der Waals surface area contributed by atoms with Crippen LogP contribution in [0.25, 0.3) is 21.9 Å². The first-order valence-electron chi connectivity index (χ1n) is 13.7. The number of benzene rings is 5. The van der Waals surface area contributed by atoms with Crippen molar-refractivity contribution in [2.24, 2.45) is 0 Å². The van der Waals surface area contributed by atoms with Gasteiger partial charge in [0.25, 0.3) is 5.91 Å². The van der Waals surface area contributed by atoms with Crippen LogP contribution < -0.4 is 5.32 Å². The van der Waals surface area contributed by atoms with Crippen LogP contribution in [0, 0.1) is 5.82 Å². The van der Waals surface area contributed by atoms with Crippen molar-refractivity contribution in [2.45, 2.75) is 18.3 Å². The van der Waals surface area contributed by atoms with Crippen LogP contribution in [0.5, 0.6) is 0 Å². The molecule has 8 heteroatoms. The summed E-state index contributed by atoms with van der Waals surface area (Å²) in [6.45, 7) is -0.0731. The van der Waals surface area contributed by atoms with Gasteiger partial charge in [0.1, 0.15) is 11.9 Å². The van der Waals surface area contributed by atoms with Gasteiger partial charge in [-0.05, 0) is 57.3 Å². The van der Waals surface area contributed by atoms with Crippen LogP contribution >= 0.6 is 11.8 Å². The van der Waals surface area contributed by atoms with Gasteiger partial charge >= 0.3 is 12.0 Å². The van der Waals surface area contributed by atoms with Crippen LogP contribution in [0.1, 0.15) is 21.5 Å². The summed E-state index contributed by atoms with van der Waals surface area (Å²) in [7, 11) is 0. The van der Waals surface area contributed by atoms with Gasteiger partial charge in [0.2, 0.25) is 0 Å². The Morgan fingerprint density at radius 2 is 1.49 bits per heavy atom. The second-order valence-corrected chi connectivity index (χ2v) is 11.0. The first-order chi connectivity index (χ1) is 20.9. The average Bonchev–Trinajstić information content (AvgIpc) is 3.03. The summed E-state index contributed by atoms with van der Waals surface area (Å²) in [6.07, 6.45) is 0. The van der Waals surface area contributed by atoms with Crippen LogP contribution in [0.2, 0.25) is 0 Å². The quantitative estimate of drug-likeness (QED) is 0.177. The Morgan fingerprint density at radius 3 is 2.26 bits per heavy atom. The van der Waals surface area contributed by atoms with Gasteiger partial charge in [-0.1, -0.05) is 97.1 Å². The number of rotatable bonds is 10. The van der Waals surface area contributed by atoms with Crippen molar-refractivity contribution in [1.82, 2.24) is 10.2 Å². The van der Waals surface area contributed by atoms with E-state index in [0.717, 1.165) is 26.8 Å². The van der Waals surface area contributed by atoms with Gasteiger partial charge < -0.3 is 10.4 Å². The van der Waals surface area contributed by atoms with Gasteiger partial charge in [-0.2, -0.15) is 11.8 Å². The van der Waals surface area contributed by atoms with E-state index in [1.807, 2.05) is 72.8 Å². The second-order valence-electron chi connectivity index (χ2n) is 9.96. The number of imide groups is 1. The molecule has 43 heavy (non-hydrogen) atoms. The number of halogens is 1. The zero-order chi connectivity index (χ0) is 30.2. The number of nitrogens with one attached hydrogen (secondary N) is 1. The number of carboxylic acid groups (broad SMARTS) is 1. The molecule has 3 amide bonds. The highest BCUT2D eigenvalue weighted by molar-refractivity contribution is 7.98. The van der Waals surface area contributed by atoms with E-state index in [-0.39, 0.29) is 23.7 Å². The summed E-state index contributed by atoms with van der Waals surface area (Å²) in [5.41, 5.74) is 3.40. The Labute approximate surface area is 253 Å². The highest BCUT2D eigenvalue weighted by atomic mass is 32.2. The number of carboxylic acids is 1. The number of thioether (sulfide) groups is 1. The molecule has 0 fully saturated rings. The first-order valence-corrected chi connectivity index (χ1v) is 14.8. The first kappa shape index (κ1) is 29.5. The van der Waals surface area contributed by atoms with E-state index in [1.54, 1.807) is 36.4 Å². The molecule has 6 nitrogen and oxygen atoms in total. The Balaban J connectivity index is 1.42. The fourth-order valence-electron chi connectivity index (χ4n) is 4.74. The molecule has 0 radical (unpaired) electrons. The third kappa shape index (κ3) is 7.47. The summed E-state index contributed by atoms with van der Waals surface area (Å²) in [5.74, 6) is -1.45. The Bertz CT molecular complexity index is 1740. The van der Waals surface area contributed by atoms with Gasteiger partial charge in [0, 0.05) is 17.1 Å². The van der Waals surface area contributed by atoms with E-state index in [4.69, 9.17) is 0 Å². The van der Waals surface area contributed by atoms with E-state index < -0.39 is 23.9 Å². The topological polar surface area (TPSA) is 86.7 Å². The minimum Gasteiger partial charge on any atom is -0.480 e. The molecule has 0 spiro atoms. The number of urea groups is 1. The lowest BCUT2D eigenvalue weighted by Gasteiger charge is -2.25. The van der Waals surface area contributed by atoms with Crippen LogP contribution in [0.3, 0.4) is 0 Å². The lowest BCUT2D eigenvalue weighted by atomic mass is 10.0. The molecule has 1 atom stereocenters. The molecule has 1 unspecified atom stereocenters. The molecule has 0 saturated heterocycles. The summed E-state index contributed by atoms with van der Waals surface area (Å²) in [5, 5.41) is 14.3. The minimum atomic E-state index is -1.21. The summed E-state index contributed by atoms with van der Waals surface area (Å²) >= 11 is 1.38. The molecule has 0 aliphatic carbocycles. The largest absolute Gasteiger partial charge is 0.480 e. The van der Waals surface area contributed by atoms with Crippen molar-refractivity contribution in [2.75, 3.05) is 5.75 Å². The van der Waals surface area contributed by atoms with Crippen molar-refractivity contribution in [3.63, 3.8) is 0 Å². The van der Waals surface area contributed by atoms with Gasteiger partial charge in [-0.25, -0.2) is 14.0 Å². The molecule has 0 bridgehead atoms. The maximum absolute atomic E-state index is 14.0. The Kier molecular flexibility index (Phi) is 9.49. The molecule has 0 heterocycles. The standard InChI is InChI=1S/C35H29FN2O4S/c36-30-18-16-25(17-19-30)27-12-7-13-28(20-27)33(39)38(21-29-14-6-11-26-10-4-5-15-31(26)29)35(42)37-32(34(40)41)23-43-22-24-8-2-1-3-9-24/h1-20,32H,21-23H2,(H,37,42)(H,40,41). The monoisotopic (exact) mass is 592 g/mol. The fraction of sp³-hybridized carbons (Fsp3) is 0.114. The van der Waals surface area contributed by atoms with Crippen molar-refractivity contribution >= 4 is 40.4 Å².